The monoisotopic (exact) mass is 560 g/mol. The number of benzene rings is 3. The molecule has 2 heterocycles. The van der Waals surface area contributed by atoms with Gasteiger partial charge in [0, 0.05) is 37.5 Å². The summed E-state index contributed by atoms with van der Waals surface area (Å²) in [6, 6.07) is 16.9. The number of nitrogens with one attached hydrogen (secondary N) is 1. The first-order chi connectivity index (χ1) is 19.8. The topological polar surface area (TPSA) is 110 Å². The van der Waals surface area contributed by atoms with Crippen LogP contribution in [0.5, 0.6) is 0 Å². The molecule has 5 rings (SSSR count). The molecule has 5 aromatic rings. The second kappa shape index (κ2) is 12.2. The Hall–Kier alpha value is -4.15. The van der Waals surface area contributed by atoms with E-state index in [1.54, 1.807) is 9.08 Å². The second-order valence-corrected chi connectivity index (χ2v) is 10.3. The van der Waals surface area contributed by atoms with Crippen molar-refractivity contribution in [2.24, 2.45) is 11.7 Å². The summed E-state index contributed by atoms with van der Waals surface area (Å²) in [5.74, 6) is -2.19. The highest BCUT2D eigenvalue weighted by Gasteiger charge is 2.37. The summed E-state index contributed by atoms with van der Waals surface area (Å²) < 4.78 is 31.4. The van der Waals surface area contributed by atoms with E-state index in [2.05, 4.69) is 34.5 Å². The Morgan fingerprint density at radius 1 is 0.951 bits per heavy atom. The highest BCUT2D eigenvalue weighted by Crippen LogP contribution is 2.31. The smallest absolute Gasteiger partial charge is 0.327 e. The first kappa shape index (κ1) is 28.4. The van der Waals surface area contributed by atoms with Crippen LogP contribution in [0.15, 0.2) is 66.7 Å². The number of rotatable bonds is 12. The number of para-hydroxylation sites is 2. The highest BCUT2D eigenvalue weighted by atomic mass is 19.1. The standard InChI is InChI=1S/C31H34F2N6O2/c1-3-19-8-7-9-20(12-19)17-35-18-24(25(34)15-21-13-22(32)16-23(33)14-21)29(30(40)41)38-26-10-5-6-11-27(26)39-31(38)36-28(4-2)37-39/h5-14,16,24-25,29,35H,3-4,15,17-18,34H2,1-2H3,(H,40,41)/t24-,25?,29+/m1/s1. The van der Waals surface area contributed by atoms with E-state index in [0.717, 1.165) is 23.6 Å². The number of aliphatic carboxylic acids is 1. The largest absolute Gasteiger partial charge is 0.480 e. The van der Waals surface area contributed by atoms with Gasteiger partial charge in [0.2, 0.25) is 5.78 Å². The first-order valence-electron chi connectivity index (χ1n) is 13.9. The van der Waals surface area contributed by atoms with E-state index in [4.69, 9.17) is 5.73 Å². The normalized spacial score (nSPS) is 14.0. The molecule has 0 aliphatic rings. The molecule has 214 valence electrons. The maximum atomic E-state index is 14.0. The molecular formula is C31H34F2N6O2. The predicted molar refractivity (Wildman–Crippen MR) is 154 cm³/mol. The van der Waals surface area contributed by atoms with Crippen LogP contribution in [-0.2, 0) is 30.6 Å². The number of fused-ring (bicyclic) bond motifs is 3. The molecule has 0 saturated carbocycles. The lowest BCUT2D eigenvalue weighted by Crippen LogP contribution is -2.46. The summed E-state index contributed by atoms with van der Waals surface area (Å²) in [6.45, 7) is 4.76. The van der Waals surface area contributed by atoms with Crippen LogP contribution in [0, 0.1) is 17.6 Å². The Bertz CT molecular complexity index is 1660. The van der Waals surface area contributed by atoms with Crippen LogP contribution in [0.1, 0.15) is 42.4 Å². The van der Waals surface area contributed by atoms with Gasteiger partial charge in [-0.05, 0) is 53.8 Å². The molecule has 10 heteroatoms. The number of carboxylic acids is 1. The zero-order valence-electron chi connectivity index (χ0n) is 23.1. The average molecular weight is 561 g/mol. The molecule has 0 fully saturated rings. The van der Waals surface area contributed by atoms with Crippen molar-refractivity contribution in [3.63, 3.8) is 0 Å². The lowest BCUT2D eigenvalue weighted by molar-refractivity contribution is -0.142. The summed E-state index contributed by atoms with van der Waals surface area (Å²) in [5.41, 5.74) is 10.7. The predicted octanol–water partition coefficient (Wildman–Crippen LogP) is 4.69. The van der Waals surface area contributed by atoms with Gasteiger partial charge < -0.3 is 16.2 Å². The van der Waals surface area contributed by atoms with E-state index in [9.17, 15) is 18.7 Å². The van der Waals surface area contributed by atoms with E-state index in [-0.39, 0.29) is 13.0 Å². The molecule has 0 bridgehead atoms. The molecule has 0 amide bonds. The van der Waals surface area contributed by atoms with Crippen LogP contribution in [0.3, 0.4) is 0 Å². The number of aryl methyl sites for hydroxylation is 2. The number of nitrogens with two attached hydrogens (primary N) is 1. The van der Waals surface area contributed by atoms with E-state index in [1.165, 1.54) is 17.7 Å². The van der Waals surface area contributed by atoms with Crippen molar-refractivity contribution in [2.75, 3.05) is 6.54 Å². The highest BCUT2D eigenvalue weighted by molar-refractivity contribution is 5.84. The average Bonchev–Trinajstić information content (AvgIpc) is 3.49. The van der Waals surface area contributed by atoms with Crippen molar-refractivity contribution in [3.8, 4) is 0 Å². The van der Waals surface area contributed by atoms with E-state index < -0.39 is 35.6 Å². The van der Waals surface area contributed by atoms with Gasteiger partial charge in [-0.2, -0.15) is 9.50 Å². The number of hydrogen-bond donors (Lipinski definition) is 3. The number of imidazole rings is 1. The van der Waals surface area contributed by atoms with E-state index >= 15 is 0 Å². The number of carboxylic acid groups (broad SMARTS) is 1. The third-order valence-corrected chi connectivity index (χ3v) is 7.52. The van der Waals surface area contributed by atoms with Gasteiger partial charge in [0.15, 0.2) is 5.82 Å². The second-order valence-electron chi connectivity index (χ2n) is 10.3. The minimum absolute atomic E-state index is 0.0819. The number of halogens is 2. The van der Waals surface area contributed by atoms with Crippen LogP contribution in [0.25, 0.3) is 16.8 Å². The molecule has 3 atom stereocenters. The summed E-state index contributed by atoms with van der Waals surface area (Å²) in [6.07, 6.45) is 1.57. The van der Waals surface area contributed by atoms with Crippen molar-refractivity contribution in [3.05, 3.63) is 101 Å². The summed E-state index contributed by atoms with van der Waals surface area (Å²) in [7, 11) is 0. The van der Waals surface area contributed by atoms with Gasteiger partial charge in [-0.15, -0.1) is 5.10 Å². The molecule has 2 aromatic heterocycles. The van der Waals surface area contributed by atoms with Crippen molar-refractivity contribution < 1.29 is 18.7 Å². The van der Waals surface area contributed by atoms with E-state index in [1.807, 2.05) is 43.3 Å². The van der Waals surface area contributed by atoms with Crippen molar-refractivity contribution in [2.45, 2.75) is 51.7 Å². The van der Waals surface area contributed by atoms with Crippen LogP contribution < -0.4 is 11.1 Å². The number of hydrogen-bond acceptors (Lipinski definition) is 5. The molecule has 0 radical (unpaired) electrons. The molecule has 3 aromatic carbocycles. The molecule has 41 heavy (non-hydrogen) atoms. The van der Waals surface area contributed by atoms with Gasteiger partial charge in [0.1, 0.15) is 17.7 Å². The van der Waals surface area contributed by atoms with Gasteiger partial charge in [0.25, 0.3) is 0 Å². The zero-order valence-corrected chi connectivity index (χ0v) is 23.1. The van der Waals surface area contributed by atoms with Crippen LogP contribution in [-0.4, -0.2) is 42.8 Å². The van der Waals surface area contributed by atoms with Gasteiger partial charge in [-0.1, -0.05) is 50.2 Å². The third kappa shape index (κ3) is 5.98. The molecule has 0 spiro atoms. The Morgan fingerprint density at radius 3 is 2.34 bits per heavy atom. The van der Waals surface area contributed by atoms with Crippen molar-refractivity contribution in [1.82, 2.24) is 24.5 Å². The molecule has 8 nitrogen and oxygen atoms in total. The fourth-order valence-corrected chi connectivity index (χ4v) is 5.52. The molecule has 1 unspecified atom stereocenters. The van der Waals surface area contributed by atoms with Gasteiger partial charge >= 0.3 is 5.97 Å². The summed E-state index contributed by atoms with van der Waals surface area (Å²) in [4.78, 5) is 17.8. The maximum Gasteiger partial charge on any atom is 0.327 e. The lowest BCUT2D eigenvalue weighted by Gasteiger charge is -2.31. The van der Waals surface area contributed by atoms with Crippen LogP contribution in [0.2, 0.25) is 0 Å². The van der Waals surface area contributed by atoms with Crippen LogP contribution in [0.4, 0.5) is 8.78 Å². The van der Waals surface area contributed by atoms with Gasteiger partial charge in [-0.25, -0.2) is 13.6 Å². The van der Waals surface area contributed by atoms with Gasteiger partial charge in [-0.3, -0.25) is 4.57 Å². The van der Waals surface area contributed by atoms with Gasteiger partial charge in [0.05, 0.1) is 11.0 Å². The lowest BCUT2D eigenvalue weighted by atomic mass is 9.87. The molecule has 0 aliphatic carbocycles. The molecule has 0 aliphatic heterocycles. The van der Waals surface area contributed by atoms with Crippen molar-refractivity contribution >= 4 is 22.8 Å². The Kier molecular flexibility index (Phi) is 8.41. The fraction of sp³-hybridized carbons (Fsp3) is 0.323. The number of nitrogens with zero attached hydrogens (tertiary/aromatic N) is 4. The molecule has 0 saturated heterocycles. The molecular weight excluding hydrogens is 526 g/mol. The minimum atomic E-state index is -1.14. The van der Waals surface area contributed by atoms with Crippen molar-refractivity contribution in [1.29, 1.82) is 0 Å². The minimum Gasteiger partial charge on any atom is -0.480 e. The Labute approximate surface area is 236 Å². The summed E-state index contributed by atoms with van der Waals surface area (Å²) >= 11 is 0. The maximum absolute atomic E-state index is 14.0. The Morgan fingerprint density at radius 2 is 1.66 bits per heavy atom. The first-order valence-corrected chi connectivity index (χ1v) is 13.9. The number of aromatic nitrogens is 4. The Balaban J connectivity index is 1.56. The number of carbonyl (C=O) groups is 1. The SMILES string of the molecule is CCc1cccc(CNC[C@H](C(N)Cc2cc(F)cc(F)c2)[C@@H](C(=O)O)n2c3ccccc3n3nc(CC)nc23)c1. The zero-order chi connectivity index (χ0) is 29.1. The van der Waals surface area contributed by atoms with Crippen LogP contribution >= 0.6 is 0 Å². The molecule has 4 N–H and O–H groups in total. The quantitative estimate of drug-likeness (QED) is 0.204. The fourth-order valence-electron chi connectivity index (χ4n) is 5.52. The summed E-state index contributed by atoms with van der Waals surface area (Å²) in [5, 5.41) is 18.7. The van der Waals surface area contributed by atoms with E-state index in [0.29, 0.717) is 35.6 Å². The third-order valence-electron chi connectivity index (χ3n) is 7.52.